The third-order valence-corrected chi connectivity index (χ3v) is 4.34. The predicted molar refractivity (Wildman–Crippen MR) is 99.4 cm³/mol. The Hall–Kier alpha value is -3.09. The molecule has 2 aromatic rings. The number of rotatable bonds is 3. The van der Waals surface area contributed by atoms with Gasteiger partial charge in [-0.3, -0.25) is 9.59 Å². The van der Waals surface area contributed by atoms with Crippen molar-refractivity contribution in [2.45, 2.75) is 6.92 Å². The van der Waals surface area contributed by atoms with Gasteiger partial charge in [0.2, 0.25) is 0 Å². The first kappa shape index (κ1) is 17.7. The summed E-state index contributed by atoms with van der Waals surface area (Å²) in [6, 6.07) is 11.2. The molecule has 0 radical (unpaired) electrons. The predicted octanol–water partition coefficient (Wildman–Crippen LogP) is 1.69. The molecule has 1 aliphatic rings. The van der Waals surface area contributed by atoms with E-state index in [0.717, 1.165) is 11.4 Å². The van der Waals surface area contributed by atoms with Crippen LogP contribution in [0.15, 0.2) is 42.6 Å². The van der Waals surface area contributed by atoms with E-state index in [2.05, 4.69) is 15.2 Å². The highest BCUT2D eigenvalue weighted by atomic mass is 16.5. The Labute approximate surface area is 152 Å². The average molecular weight is 354 g/mol. The molecule has 0 bridgehead atoms. The van der Waals surface area contributed by atoms with Crippen molar-refractivity contribution < 1.29 is 14.3 Å². The third-order valence-electron chi connectivity index (χ3n) is 4.34. The van der Waals surface area contributed by atoms with Gasteiger partial charge < -0.3 is 19.9 Å². The molecule has 1 aromatic heterocycles. The lowest BCUT2D eigenvalue weighted by Crippen LogP contribution is -2.51. The maximum absolute atomic E-state index is 12.5. The molecule has 1 aromatic carbocycles. The molecule has 1 saturated heterocycles. The van der Waals surface area contributed by atoms with E-state index in [9.17, 15) is 9.59 Å². The maximum Gasteiger partial charge on any atom is 0.314 e. The highest BCUT2D eigenvalue weighted by molar-refractivity contribution is 6.39. The Kier molecular flexibility index (Phi) is 5.36. The SMILES string of the molecule is COc1ccc(C)cc1NC(=O)C(=O)N1CCN(c2ccccn2)CC1. The zero-order valence-corrected chi connectivity index (χ0v) is 14.9. The van der Waals surface area contributed by atoms with Gasteiger partial charge in [-0.2, -0.15) is 0 Å². The number of amides is 2. The van der Waals surface area contributed by atoms with Crippen LogP contribution < -0.4 is 15.0 Å². The summed E-state index contributed by atoms with van der Waals surface area (Å²) in [4.78, 5) is 32.8. The summed E-state index contributed by atoms with van der Waals surface area (Å²) in [5, 5.41) is 2.66. The van der Waals surface area contributed by atoms with E-state index in [4.69, 9.17) is 4.74 Å². The number of piperazine rings is 1. The second kappa shape index (κ2) is 7.86. The Morgan fingerprint density at radius 1 is 1.12 bits per heavy atom. The van der Waals surface area contributed by atoms with Crippen molar-refractivity contribution in [1.82, 2.24) is 9.88 Å². The average Bonchev–Trinajstić information content (AvgIpc) is 2.68. The van der Waals surface area contributed by atoms with E-state index in [1.165, 1.54) is 7.11 Å². The molecule has 0 unspecified atom stereocenters. The lowest BCUT2D eigenvalue weighted by Gasteiger charge is -2.35. The van der Waals surface area contributed by atoms with Crippen LogP contribution in [0.3, 0.4) is 0 Å². The summed E-state index contributed by atoms with van der Waals surface area (Å²) in [5.74, 6) is 0.222. The van der Waals surface area contributed by atoms with E-state index < -0.39 is 11.8 Å². The van der Waals surface area contributed by atoms with E-state index in [1.54, 1.807) is 23.2 Å². The lowest BCUT2D eigenvalue weighted by molar-refractivity contribution is -0.143. The fourth-order valence-electron chi connectivity index (χ4n) is 2.92. The summed E-state index contributed by atoms with van der Waals surface area (Å²) in [5.41, 5.74) is 1.47. The van der Waals surface area contributed by atoms with Crippen molar-refractivity contribution in [3.05, 3.63) is 48.2 Å². The molecule has 2 heterocycles. The number of anilines is 2. The summed E-state index contributed by atoms with van der Waals surface area (Å²) in [7, 11) is 1.53. The molecule has 1 N–H and O–H groups in total. The second-order valence-electron chi connectivity index (χ2n) is 6.13. The maximum atomic E-state index is 12.5. The topological polar surface area (TPSA) is 74.8 Å². The van der Waals surface area contributed by atoms with Crippen LogP contribution in [0.5, 0.6) is 5.75 Å². The van der Waals surface area contributed by atoms with Crippen LogP contribution in [0, 0.1) is 6.92 Å². The van der Waals surface area contributed by atoms with Crippen molar-refractivity contribution >= 4 is 23.3 Å². The molecule has 7 heteroatoms. The molecular formula is C19H22N4O3. The van der Waals surface area contributed by atoms with E-state index in [-0.39, 0.29) is 0 Å². The lowest BCUT2D eigenvalue weighted by atomic mass is 10.2. The summed E-state index contributed by atoms with van der Waals surface area (Å²) in [6.07, 6.45) is 1.75. The third kappa shape index (κ3) is 3.93. The number of benzene rings is 1. The standard InChI is InChI=1S/C19H22N4O3/c1-14-6-7-16(26-2)15(13-14)21-18(24)19(25)23-11-9-22(10-12-23)17-5-3-4-8-20-17/h3-8,13H,9-12H2,1-2H3,(H,21,24). The van der Waals surface area contributed by atoms with Crippen LogP contribution in [-0.2, 0) is 9.59 Å². The Bertz CT molecular complexity index is 787. The minimum absolute atomic E-state index is 0.480. The smallest absolute Gasteiger partial charge is 0.314 e. The number of nitrogens with zero attached hydrogens (tertiary/aromatic N) is 3. The van der Waals surface area contributed by atoms with Crippen molar-refractivity contribution in [3.63, 3.8) is 0 Å². The van der Waals surface area contributed by atoms with Gasteiger partial charge in [0.25, 0.3) is 0 Å². The van der Waals surface area contributed by atoms with E-state index in [1.807, 2.05) is 31.2 Å². The van der Waals surface area contributed by atoms with Gasteiger partial charge in [0.05, 0.1) is 12.8 Å². The number of aromatic nitrogens is 1. The van der Waals surface area contributed by atoms with Crippen LogP contribution in [0.1, 0.15) is 5.56 Å². The van der Waals surface area contributed by atoms with Crippen LogP contribution in [0.2, 0.25) is 0 Å². The monoisotopic (exact) mass is 354 g/mol. The number of carbonyl (C=O) groups excluding carboxylic acids is 2. The second-order valence-corrected chi connectivity index (χ2v) is 6.13. The zero-order valence-electron chi connectivity index (χ0n) is 14.9. The number of hydrogen-bond acceptors (Lipinski definition) is 5. The van der Waals surface area contributed by atoms with Crippen LogP contribution >= 0.6 is 0 Å². The molecule has 7 nitrogen and oxygen atoms in total. The number of hydrogen-bond donors (Lipinski definition) is 1. The van der Waals surface area contributed by atoms with E-state index in [0.29, 0.717) is 37.6 Å². The molecule has 1 fully saturated rings. The van der Waals surface area contributed by atoms with Gasteiger partial charge in [0.15, 0.2) is 0 Å². The highest BCUT2D eigenvalue weighted by Crippen LogP contribution is 2.25. The summed E-state index contributed by atoms with van der Waals surface area (Å²) < 4.78 is 5.24. The largest absolute Gasteiger partial charge is 0.495 e. The first-order valence-corrected chi connectivity index (χ1v) is 8.49. The number of pyridine rings is 1. The molecule has 0 spiro atoms. The fourth-order valence-corrected chi connectivity index (χ4v) is 2.92. The number of nitrogens with one attached hydrogen (secondary N) is 1. The molecule has 0 atom stereocenters. The van der Waals surface area contributed by atoms with Gasteiger partial charge in [-0.15, -0.1) is 0 Å². The molecule has 136 valence electrons. The normalized spacial score (nSPS) is 14.1. The first-order valence-electron chi connectivity index (χ1n) is 8.49. The summed E-state index contributed by atoms with van der Waals surface area (Å²) in [6.45, 7) is 4.16. The van der Waals surface area contributed by atoms with Crippen molar-refractivity contribution in [2.24, 2.45) is 0 Å². The van der Waals surface area contributed by atoms with Crippen LogP contribution in [0.4, 0.5) is 11.5 Å². The number of aryl methyl sites for hydroxylation is 1. The van der Waals surface area contributed by atoms with E-state index >= 15 is 0 Å². The van der Waals surface area contributed by atoms with Crippen molar-refractivity contribution in [2.75, 3.05) is 43.5 Å². The molecule has 0 saturated carbocycles. The number of ether oxygens (including phenoxy) is 1. The number of carbonyl (C=O) groups is 2. The first-order chi connectivity index (χ1) is 12.6. The molecule has 1 aliphatic heterocycles. The van der Waals surface area contributed by atoms with Crippen molar-refractivity contribution in [3.8, 4) is 5.75 Å². The Morgan fingerprint density at radius 2 is 1.88 bits per heavy atom. The molecular weight excluding hydrogens is 332 g/mol. The molecule has 3 rings (SSSR count). The molecule has 0 aliphatic carbocycles. The van der Waals surface area contributed by atoms with Gasteiger partial charge in [-0.05, 0) is 36.8 Å². The zero-order chi connectivity index (χ0) is 18.5. The minimum atomic E-state index is -0.653. The van der Waals surface area contributed by atoms with Crippen molar-refractivity contribution in [1.29, 1.82) is 0 Å². The molecule has 2 amide bonds. The van der Waals surface area contributed by atoms with Crippen LogP contribution in [-0.4, -0.2) is 55.0 Å². The quantitative estimate of drug-likeness (QED) is 0.849. The van der Waals surface area contributed by atoms with Gasteiger partial charge in [0.1, 0.15) is 11.6 Å². The molecule has 26 heavy (non-hydrogen) atoms. The fraction of sp³-hybridized carbons (Fsp3) is 0.316. The van der Waals surface area contributed by atoms with Gasteiger partial charge in [-0.25, -0.2) is 4.98 Å². The minimum Gasteiger partial charge on any atom is -0.495 e. The Morgan fingerprint density at radius 3 is 2.54 bits per heavy atom. The summed E-state index contributed by atoms with van der Waals surface area (Å²) >= 11 is 0. The van der Waals surface area contributed by atoms with Crippen LogP contribution in [0.25, 0.3) is 0 Å². The van der Waals surface area contributed by atoms with Gasteiger partial charge >= 0.3 is 11.8 Å². The van der Waals surface area contributed by atoms with Gasteiger partial charge in [-0.1, -0.05) is 12.1 Å². The van der Waals surface area contributed by atoms with Gasteiger partial charge in [0, 0.05) is 32.4 Å². The highest BCUT2D eigenvalue weighted by Gasteiger charge is 2.27. The Balaban J connectivity index is 1.60. The number of methoxy groups -OCH3 is 1.